The molecule has 2 heterocycles. The normalized spacial score (nSPS) is 10.7. The Morgan fingerprint density at radius 3 is 2.85 bits per heavy atom. The minimum Gasteiger partial charge on any atom is -0.504 e. The quantitative estimate of drug-likeness (QED) is 0.783. The van der Waals surface area contributed by atoms with Gasteiger partial charge in [0, 0.05) is 18.8 Å². The minimum atomic E-state index is 0.0562. The molecule has 0 radical (unpaired) electrons. The smallest absolute Gasteiger partial charge is 0.258 e. The summed E-state index contributed by atoms with van der Waals surface area (Å²) in [6, 6.07) is 6.61. The lowest BCUT2D eigenvalue weighted by atomic mass is 10.2. The van der Waals surface area contributed by atoms with Crippen LogP contribution in [0.1, 0.15) is 0 Å². The summed E-state index contributed by atoms with van der Waals surface area (Å²) in [4.78, 5) is 4.28. The molecule has 0 atom stereocenters. The van der Waals surface area contributed by atoms with Gasteiger partial charge in [-0.1, -0.05) is 5.16 Å². The maximum Gasteiger partial charge on any atom is 0.258 e. The number of phenolic OH excluding ortho intramolecular Hbond substituents is 1. The second kappa shape index (κ2) is 4.69. The molecule has 0 aliphatic rings. The highest BCUT2D eigenvalue weighted by Crippen LogP contribution is 2.31. The Morgan fingerprint density at radius 2 is 2.15 bits per heavy atom. The molecular formula is C13H12N4O3. The van der Waals surface area contributed by atoms with E-state index < -0.39 is 0 Å². The van der Waals surface area contributed by atoms with Gasteiger partial charge in [0.2, 0.25) is 5.82 Å². The van der Waals surface area contributed by atoms with Gasteiger partial charge < -0.3 is 14.4 Å². The molecule has 1 N–H and O–H groups in total. The Balaban J connectivity index is 1.97. The number of aromatic nitrogens is 4. The summed E-state index contributed by atoms with van der Waals surface area (Å²) in [6.45, 7) is 0. The topological polar surface area (TPSA) is 86.2 Å². The largest absolute Gasteiger partial charge is 0.504 e. The number of aryl methyl sites for hydroxylation is 1. The molecule has 0 spiro atoms. The summed E-state index contributed by atoms with van der Waals surface area (Å²) in [6.07, 6.45) is 1.80. The van der Waals surface area contributed by atoms with Gasteiger partial charge in [-0.25, -0.2) is 0 Å². The summed E-state index contributed by atoms with van der Waals surface area (Å²) in [5.74, 6) is 1.15. The molecule has 0 saturated carbocycles. The molecule has 0 bridgehead atoms. The fraction of sp³-hybridized carbons (Fsp3) is 0.154. The second-order valence-electron chi connectivity index (χ2n) is 4.18. The lowest BCUT2D eigenvalue weighted by Gasteiger charge is -2.03. The van der Waals surface area contributed by atoms with Crippen LogP contribution in [-0.2, 0) is 7.05 Å². The van der Waals surface area contributed by atoms with Crippen molar-refractivity contribution in [3.8, 4) is 34.5 Å². The average molecular weight is 272 g/mol. The molecule has 7 nitrogen and oxygen atoms in total. The molecule has 0 saturated heterocycles. The molecule has 0 unspecified atom stereocenters. The van der Waals surface area contributed by atoms with E-state index in [1.807, 2.05) is 7.05 Å². The van der Waals surface area contributed by atoms with E-state index in [1.165, 1.54) is 13.2 Å². The van der Waals surface area contributed by atoms with E-state index in [0.29, 0.717) is 28.7 Å². The van der Waals surface area contributed by atoms with E-state index in [-0.39, 0.29) is 5.75 Å². The maximum absolute atomic E-state index is 9.56. The number of hydrogen-bond donors (Lipinski definition) is 1. The minimum absolute atomic E-state index is 0.0562. The highest BCUT2D eigenvalue weighted by molar-refractivity contribution is 5.61. The summed E-state index contributed by atoms with van der Waals surface area (Å²) in [5.41, 5.74) is 1.29. The first-order valence-electron chi connectivity index (χ1n) is 5.88. The van der Waals surface area contributed by atoms with Crippen LogP contribution in [0.4, 0.5) is 0 Å². The first-order chi connectivity index (χ1) is 9.67. The van der Waals surface area contributed by atoms with Crippen LogP contribution < -0.4 is 4.74 Å². The summed E-state index contributed by atoms with van der Waals surface area (Å²) < 4.78 is 11.9. The summed E-state index contributed by atoms with van der Waals surface area (Å²) in [7, 11) is 3.29. The number of benzene rings is 1. The van der Waals surface area contributed by atoms with Crippen molar-refractivity contribution in [3.05, 3.63) is 30.5 Å². The van der Waals surface area contributed by atoms with E-state index in [9.17, 15) is 5.11 Å². The van der Waals surface area contributed by atoms with Crippen LogP contribution in [0.5, 0.6) is 11.5 Å². The molecule has 0 fully saturated rings. The molecule has 2 aromatic heterocycles. The van der Waals surface area contributed by atoms with Gasteiger partial charge in [-0.3, -0.25) is 4.68 Å². The van der Waals surface area contributed by atoms with E-state index in [4.69, 9.17) is 9.26 Å². The third kappa shape index (κ3) is 2.09. The number of nitrogens with zero attached hydrogens (tertiary/aromatic N) is 4. The fourth-order valence-electron chi connectivity index (χ4n) is 1.79. The number of ether oxygens (including phenoxy) is 1. The van der Waals surface area contributed by atoms with Crippen LogP contribution >= 0.6 is 0 Å². The first kappa shape index (κ1) is 12.2. The third-order valence-corrected chi connectivity index (χ3v) is 2.80. The zero-order chi connectivity index (χ0) is 14.1. The highest BCUT2D eigenvalue weighted by atomic mass is 16.5. The molecule has 3 rings (SSSR count). The van der Waals surface area contributed by atoms with Gasteiger partial charge in [0.25, 0.3) is 5.89 Å². The fourth-order valence-corrected chi connectivity index (χ4v) is 1.79. The molecular weight excluding hydrogens is 260 g/mol. The number of phenols is 1. The van der Waals surface area contributed by atoms with E-state index in [2.05, 4.69) is 15.2 Å². The lowest BCUT2D eigenvalue weighted by molar-refractivity contribution is 0.373. The van der Waals surface area contributed by atoms with Gasteiger partial charge in [-0.05, 0) is 24.3 Å². The molecule has 0 aliphatic carbocycles. The van der Waals surface area contributed by atoms with Crippen LogP contribution in [0, 0.1) is 0 Å². The molecule has 7 heteroatoms. The van der Waals surface area contributed by atoms with Gasteiger partial charge in [-0.2, -0.15) is 10.1 Å². The van der Waals surface area contributed by atoms with Crippen molar-refractivity contribution < 1.29 is 14.4 Å². The standard InChI is InChI=1S/C13H12N4O3/c1-17-6-5-9(15-17)12-14-13(20-16-12)8-3-4-10(18)11(7-8)19-2/h3-7,18H,1-2H3. The van der Waals surface area contributed by atoms with Crippen LogP contribution in [0.3, 0.4) is 0 Å². The zero-order valence-electron chi connectivity index (χ0n) is 10.9. The number of hydrogen-bond acceptors (Lipinski definition) is 6. The van der Waals surface area contributed by atoms with E-state index >= 15 is 0 Å². The van der Waals surface area contributed by atoms with E-state index in [0.717, 1.165) is 0 Å². The third-order valence-electron chi connectivity index (χ3n) is 2.80. The Hall–Kier alpha value is -2.83. The second-order valence-corrected chi connectivity index (χ2v) is 4.18. The number of aromatic hydroxyl groups is 1. The van der Waals surface area contributed by atoms with Crippen LogP contribution in [0.25, 0.3) is 23.0 Å². The van der Waals surface area contributed by atoms with Crippen molar-refractivity contribution in [1.82, 2.24) is 19.9 Å². The predicted octanol–water partition coefficient (Wildman–Crippen LogP) is 1.85. The van der Waals surface area contributed by atoms with Gasteiger partial charge in [0.15, 0.2) is 11.5 Å². The molecule has 20 heavy (non-hydrogen) atoms. The highest BCUT2D eigenvalue weighted by Gasteiger charge is 2.14. The molecule has 102 valence electrons. The molecule has 3 aromatic rings. The first-order valence-corrected chi connectivity index (χ1v) is 5.88. The van der Waals surface area contributed by atoms with Crippen molar-refractivity contribution in [2.24, 2.45) is 7.05 Å². The molecule has 1 aromatic carbocycles. The van der Waals surface area contributed by atoms with Crippen molar-refractivity contribution in [2.75, 3.05) is 7.11 Å². The van der Waals surface area contributed by atoms with Crippen LogP contribution in [-0.4, -0.2) is 32.1 Å². The predicted molar refractivity (Wildman–Crippen MR) is 70.2 cm³/mol. The number of rotatable bonds is 3. The Morgan fingerprint density at radius 1 is 1.30 bits per heavy atom. The zero-order valence-corrected chi connectivity index (χ0v) is 10.9. The Bertz CT molecular complexity index is 748. The van der Waals surface area contributed by atoms with Gasteiger partial charge >= 0.3 is 0 Å². The summed E-state index contributed by atoms with van der Waals surface area (Å²) in [5, 5.41) is 17.7. The van der Waals surface area contributed by atoms with Gasteiger partial charge in [0.1, 0.15) is 5.69 Å². The van der Waals surface area contributed by atoms with E-state index in [1.54, 1.807) is 29.1 Å². The monoisotopic (exact) mass is 272 g/mol. The average Bonchev–Trinajstić information content (AvgIpc) is 3.08. The SMILES string of the molecule is COc1cc(-c2nc(-c3ccn(C)n3)no2)ccc1O. The Labute approximate surface area is 114 Å². The molecule has 0 amide bonds. The van der Waals surface area contributed by atoms with Crippen molar-refractivity contribution >= 4 is 0 Å². The van der Waals surface area contributed by atoms with Gasteiger partial charge in [-0.15, -0.1) is 0 Å². The van der Waals surface area contributed by atoms with Crippen LogP contribution in [0.2, 0.25) is 0 Å². The Kier molecular flexibility index (Phi) is 2.86. The number of methoxy groups -OCH3 is 1. The maximum atomic E-state index is 9.56. The van der Waals surface area contributed by atoms with Gasteiger partial charge in [0.05, 0.1) is 7.11 Å². The van der Waals surface area contributed by atoms with Crippen LogP contribution in [0.15, 0.2) is 35.0 Å². The summed E-state index contributed by atoms with van der Waals surface area (Å²) >= 11 is 0. The van der Waals surface area contributed by atoms with Crippen molar-refractivity contribution in [1.29, 1.82) is 0 Å². The van der Waals surface area contributed by atoms with Crippen molar-refractivity contribution in [3.63, 3.8) is 0 Å². The molecule has 0 aliphatic heterocycles. The lowest BCUT2D eigenvalue weighted by Crippen LogP contribution is -1.89. The van der Waals surface area contributed by atoms with Crippen molar-refractivity contribution in [2.45, 2.75) is 0 Å².